The summed E-state index contributed by atoms with van der Waals surface area (Å²) >= 11 is 0. The predicted octanol–water partition coefficient (Wildman–Crippen LogP) is 0.590. The van der Waals surface area contributed by atoms with Gasteiger partial charge in [0.05, 0.1) is 10.2 Å². The van der Waals surface area contributed by atoms with Gasteiger partial charge in [-0.2, -0.15) is 0 Å². The lowest BCUT2D eigenvalue weighted by Crippen LogP contribution is -2.19. The van der Waals surface area contributed by atoms with Crippen molar-refractivity contribution in [1.29, 1.82) is 0 Å². The number of nitrogens with one attached hydrogen (secondary N) is 1. The van der Waals surface area contributed by atoms with E-state index in [9.17, 15) is 0 Å². The van der Waals surface area contributed by atoms with Crippen molar-refractivity contribution >= 4 is 15.4 Å². The maximum absolute atomic E-state index is 3.54. The zero-order valence-electron chi connectivity index (χ0n) is 6.72. The molecule has 1 aromatic carbocycles. The Hall–Kier alpha value is -0.603. The first-order chi connectivity index (χ1) is 5.34. The molecular formula is C9H12NSi. The first-order valence-electron chi connectivity index (χ1n) is 3.85. The van der Waals surface area contributed by atoms with Crippen LogP contribution >= 0.6 is 0 Å². The topological polar surface area (TPSA) is 12.0 Å². The van der Waals surface area contributed by atoms with Gasteiger partial charge in [-0.3, -0.25) is 0 Å². The second kappa shape index (κ2) is 4.31. The van der Waals surface area contributed by atoms with E-state index >= 15 is 0 Å². The fourth-order valence-corrected chi connectivity index (χ4v) is 1.20. The molecule has 3 radical (unpaired) electrons. The molecule has 0 spiro atoms. The van der Waals surface area contributed by atoms with Crippen LogP contribution in [-0.4, -0.2) is 16.8 Å². The van der Waals surface area contributed by atoms with Gasteiger partial charge in [-0.15, -0.1) is 0 Å². The lowest BCUT2D eigenvalue weighted by molar-refractivity contribution is 0.729. The second-order valence-corrected chi connectivity index (χ2v) is 2.98. The van der Waals surface area contributed by atoms with Crippen molar-refractivity contribution < 1.29 is 0 Å². The number of rotatable bonds is 3. The minimum absolute atomic E-state index is 0.941. The Labute approximate surface area is 71.2 Å². The van der Waals surface area contributed by atoms with Crippen molar-refractivity contribution in [3.05, 3.63) is 29.8 Å². The first-order valence-corrected chi connectivity index (χ1v) is 4.35. The van der Waals surface area contributed by atoms with Crippen molar-refractivity contribution in [3.8, 4) is 0 Å². The summed E-state index contributed by atoms with van der Waals surface area (Å²) in [5.74, 6) is 0. The number of hydrogen-bond acceptors (Lipinski definition) is 1. The fraction of sp³-hybridized carbons (Fsp3) is 0.333. The van der Waals surface area contributed by atoms with Gasteiger partial charge in [-0.05, 0) is 12.1 Å². The molecule has 0 aromatic heterocycles. The highest BCUT2D eigenvalue weighted by Crippen LogP contribution is 1.92. The maximum Gasteiger partial charge on any atom is 0.0716 e. The molecular weight excluding hydrogens is 150 g/mol. The van der Waals surface area contributed by atoms with Crippen LogP contribution in [0.3, 0.4) is 0 Å². The minimum atomic E-state index is 0.941. The molecule has 1 N–H and O–H groups in total. The largest absolute Gasteiger partial charge is 0.313 e. The second-order valence-electron chi connectivity index (χ2n) is 2.44. The van der Waals surface area contributed by atoms with Crippen LogP contribution in [0.4, 0.5) is 0 Å². The Morgan fingerprint density at radius 3 is 2.73 bits per heavy atom. The molecule has 1 nitrogen and oxygen atoms in total. The Morgan fingerprint density at radius 2 is 2.09 bits per heavy atom. The molecule has 0 aliphatic carbocycles. The van der Waals surface area contributed by atoms with Crippen molar-refractivity contribution in [3.63, 3.8) is 0 Å². The molecule has 0 heterocycles. The molecule has 0 atom stereocenters. The van der Waals surface area contributed by atoms with Gasteiger partial charge in [0.15, 0.2) is 0 Å². The molecule has 0 unspecified atom stereocenters. The van der Waals surface area contributed by atoms with Crippen LogP contribution in [0, 0.1) is 0 Å². The quantitative estimate of drug-likeness (QED) is 0.641. The Balaban J connectivity index is 2.62. The van der Waals surface area contributed by atoms with E-state index in [4.69, 9.17) is 0 Å². The smallest absolute Gasteiger partial charge is 0.0716 e. The van der Waals surface area contributed by atoms with E-state index in [0.29, 0.717) is 0 Å². The van der Waals surface area contributed by atoms with Gasteiger partial charge in [-0.25, -0.2) is 0 Å². The van der Waals surface area contributed by atoms with Gasteiger partial charge in [0.25, 0.3) is 0 Å². The van der Waals surface area contributed by atoms with E-state index in [1.165, 1.54) is 10.8 Å². The summed E-state index contributed by atoms with van der Waals surface area (Å²) in [6.45, 7) is 4.06. The molecule has 0 saturated carbocycles. The summed E-state index contributed by atoms with van der Waals surface area (Å²) in [6, 6.07) is 8.25. The Kier molecular flexibility index (Phi) is 3.33. The van der Waals surface area contributed by atoms with Gasteiger partial charge in [0.2, 0.25) is 0 Å². The zero-order valence-corrected chi connectivity index (χ0v) is 7.72. The van der Waals surface area contributed by atoms with Crippen LogP contribution in [0.1, 0.15) is 12.5 Å². The lowest BCUT2D eigenvalue weighted by Gasteiger charge is -2.04. The van der Waals surface area contributed by atoms with Crippen molar-refractivity contribution in [2.45, 2.75) is 13.5 Å². The fourth-order valence-electron chi connectivity index (χ4n) is 0.934. The first kappa shape index (κ1) is 8.49. The molecule has 0 aliphatic heterocycles. The molecule has 1 aromatic rings. The Bertz CT molecular complexity index is 223. The summed E-state index contributed by atoms with van der Waals surface area (Å²) in [7, 11) is 3.54. The summed E-state index contributed by atoms with van der Waals surface area (Å²) in [6.07, 6.45) is 0. The van der Waals surface area contributed by atoms with Gasteiger partial charge in [0, 0.05) is 6.54 Å². The standard InChI is InChI=1S/C9H12NSi/c1-2-10-7-8-5-3-4-6-9(8)11/h3-6,10H,2,7H2,1H3. The monoisotopic (exact) mass is 162 g/mol. The Morgan fingerprint density at radius 1 is 1.36 bits per heavy atom. The van der Waals surface area contributed by atoms with Crippen LogP contribution < -0.4 is 10.5 Å². The summed E-state index contributed by atoms with van der Waals surface area (Å²) in [4.78, 5) is 0. The van der Waals surface area contributed by atoms with Crippen LogP contribution in [0.2, 0.25) is 0 Å². The normalized spacial score (nSPS) is 10.0. The average molecular weight is 162 g/mol. The maximum atomic E-state index is 3.54. The van der Waals surface area contributed by atoms with Crippen molar-refractivity contribution in [2.75, 3.05) is 6.54 Å². The molecule has 0 saturated heterocycles. The third kappa shape index (κ3) is 2.48. The van der Waals surface area contributed by atoms with Crippen LogP contribution in [0.5, 0.6) is 0 Å². The highest BCUT2D eigenvalue weighted by molar-refractivity contribution is 6.33. The molecule has 2 heteroatoms. The van der Waals surface area contributed by atoms with Crippen molar-refractivity contribution in [1.82, 2.24) is 5.32 Å². The van der Waals surface area contributed by atoms with Crippen molar-refractivity contribution in [2.24, 2.45) is 0 Å². The molecule has 0 aliphatic rings. The number of benzene rings is 1. The predicted molar refractivity (Wildman–Crippen MR) is 49.2 cm³/mol. The van der Waals surface area contributed by atoms with Crippen LogP contribution in [0.15, 0.2) is 24.3 Å². The number of hydrogen-bond donors (Lipinski definition) is 1. The third-order valence-corrected chi connectivity index (χ3v) is 2.07. The SMILES string of the molecule is CCNCc1ccccc1[Si]. The third-order valence-electron chi connectivity index (χ3n) is 1.58. The highest BCUT2D eigenvalue weighted by atomic mass is 28.1. The average Bonchev–Trinajstić information content (AvgIpc) is 2.03. The molecule has 1 rings (SSSR count). The van der Waals surface area contributed by atoms with Gasteiger partial charge in [0.1, 0.15) is 0 Å². The van der Waals surface area contributed by atoms with Gasteiger partial charge in [-0.1, -0.05) is 36.4 Å². The van der Waals surface area contributed by atoms with Crippen LogP contribution in [-0.2, 0) is 6.54 Å². The molecule has 0 fully saturated rings. The molecule has 57 valence electrons. The van der Waals surface area contributed by atoms with Gasteiger partial charge >= 0.3 is 0 Å². The summed E-state index contributed by atoms with van der Waals surface area (Å²) < 4.78 is 0. The molecule has 11 heavy (non-hydrogen) atoms. The lowest BCUT2D eigenvalue weighted by atomic mass is 10.2. The zero-order chi connectivity index (χ0) is 8.10. The van der Waals surface area contributed by atoms with E-state index < -0.39 is 0 Å². The van der Waals surface area contributed by atoms with E-state index in [-0.39, 0.29) is 0 Å². The molecule has 0 amide bonds. The molecule has 0 bridgehead atoms. The summed E-state index contributed by atoms with van der Waals surface area (Å²) in [5.41, 5.74) is 1.31. The van der Waals surface area contributed by atoms with E-state index in [1.54, 1.807) is 0 Å². The van der Waals surface area contributed by atoms with Gasteiger partial charge < -0.3 is 5.32 Å². The minimum Gasteiger partial charge on any atom is -0.313 e. The summed E-state index contributed by atoms with van der Waals surface area (Å²) in [5, 5.41) is 4.45. The highest BCUT2D eigenvalue weighted by Gasteiger charge is 1.93. The van der Waals surface area contributed by atoms with E-state index in [1.807, 2.05) is 6.07 Å². The van der Waals surface area contributed by atoms with Crippen LogP contribution in [0.25, 0.3) is 0 Å². The van der Waals surface area contributed by atoms with E-state index in [2.05, 4.69) is 40.7 Å². The van der Waals surface area contributed by atoms with E-state index in [0.717, 1.165) is 13.1 Å².